The van der Waals surface area contributed by atoms with Crippen LogP contribution in [0.3, 0.4) is 0 Å². The largest absolute Gasteiger partial charge is 0.460 e. The monoisotopic (exact) mass is 1050 g/mol. The number of hydrogen-bond acceptors (Lipinski definition) is 15. The maximum absolute atomic E-state index is 14.6. The van der Waals surface area contributed by atoms with E-state index in [1.807, 2.05) is 6.92 Å². The third-order valence-corrected chi connectivity index (χ3v) is 15.0. The van der Waals surface area contributed by atoms with E-state index in [1.54, 1.807) is 78.9 Å². The summed E-state index contributed by atoms with van der Waals surface area (Å²) < 4.78 is 66.4. The summed E-state index contributed by atoms with van der Waals surface area (Å²) in [4.78, 5) is 43.7. The highest BCUT2D eigenvalue weighted by atomic mass is 79.9. The zero-order chi connectivity index (χ0) is 46.8. The SMILES string of the molecule is CCc1cc(C(=O)OCCN(c2nc3ccccc3nc2Nc2ccc(Cl)cc2Cl)S(=O)(=O)c2ccc(Br)cc2)c(Nc2nc3ccccc3nc2NS(=O)(=O)c2cccc([N+](=O)[O-])c2)s1. The molecule has 0 aliphatic heterocycles. The lowest BCUT2D eigenvalue weighted by molar-refractivity contribution is -0.385. The number of esters is 1. The van der Waals surface area contributed by atoms with E-state index >= 15 is 0 Å². The summed E-state index contributed by atoms with van der Waals surface area (Å²) in [6, 6.07) is 30.4. The van der Waals surface area contributed by atoms with Gasteiger partial charge in [-0.1, -0.05) is 76.4 Å². The number of aromatic nitrogens is 4. The van der Waals surface area contributed by atoms with Crippen LogP contribution in [-0.4, -0.2) is 60.8 Å². The number of rotatable bonds is 16. The number of para-hydroxylation sites is 4. The number of halogens is 3. The van der Waals surface area contributed by atoms with Crippen LogP contribution in [0.25, 0.3) is 22.1 Å². The molecule has 23 heteroatoms. The van der Waals surface area contributed by atoms with Gasteiger partial charge < -0.3 is 15.4 Å². The van der Waals surface area contributed by atoms with Crippen LogP contribution in [0.15, 0.2) is 136 Å². The van der Waals surface area contributed by atoms with Crippen LogP contribution in [0, 0.1) is 10.1 Å². The van der Waals surface area contributed by atoms with Gasteiger partial charge in [0.25, 0.3) is 25.7 Å². The molecule has 66 heavy (non-hydrogen) atoms. The zero-order valence-electron chi connectivity index (χ0n) is 34.0. The molecule has 3 N–H and O–H groups in total. The molecule has 0 spiro atoms. The van der Waals surface area contributed by atoms with Crippen LogP contribution in [-0.2, 0) is 31.2 Å². The Balaban J connectivity index is 1.12. The molecule has 3 heterocycles. The first-order valence-electron chi connectivity index (χ1n) is 19.5. The number of non-ortho nitro benzene ring substituents is 1. The summed E-state index contributed by atoms with van der Waals surface area (Å²) in [6.07, 6.45) is 0.496. The number of nitrogens with one attached hydrogen (secondary N) is 3. The van der Waals surface area contributed by atoms with E-state index in [0.29, 0.717) is 43.7 Å². The van der Waals surface area contributed by atoms with Crippen molar-refractivity contribution in [3.63, 3.8) is 0 Å². The summed E-state index contributed by atoms with van der Waals surface area (Å²) in [5.74, 6) is -1.31. The number of benzene rings is 5. The maximum Gasteiger partial charge on any atom is 0.341 e. The van der Waals surface area contributed by atoms with Crippen molar-refractivity contribution >= 4 is 138 Å². The van der Waals surface area contributed by atoms with Crippen molar-refractivity contribution in [2.75, 3.05) is 32.8 Å². The molecule has 5 aromatic carbocycles. The van der Waals surface area contributed by atoms with E-state index in [2.05, 4.69) is 41.3 Å². The second kappa shape index (κ2) is 19.2. The van der Waals surface area contributed by atoms with Crippen LogP contribution in [0.4, 0.5) is 39.6 Å². The third-order valence-electron chi connectivity index (χ3n) is 9.63. The number of carbonyl (C=O) groups excluding carboxylic acids is 1. The predicted octanol–water partition coefficient (Wildman–Crippen LogP) is 10.5. The molecule has 8 aromatic rings. The molecule has 8 rings (SSSR count). The highest BCUT2D eigenvalue weighted by Gasteiger charge is 2.31. The molecule has 0 amide bonds. The van der Waals surface area contributed by atoms with Crippen molar-refractivity contribution in [1.82, 2.24) is 19.9 Å². The van der Waals surface area contributed by atoms with Crippen molar-refractivity contribution in [1.29, 1.82) is 0 Å². The quantitative estimate of drug-likeness (QED) is 0.0465. The van der Waals surface area contributed by atoms with Gasteiger partial charge in [-0.25, -0.2) is 45.9 Å². The van der Waals surface area contributed by atoms with E-state index in [0.717, 1.165) is 21.3 Å². The second-order valence-electron chi connectivity index (χ2n) is 14.0. The lowest BCUT2D eigenvalue weighted by Gasteiger charge is -2.26. The van der Waals surface area contributed by atoms with Gasteiger partial charge >= 0.3 is 5.97 Å². The fourth-order valence-electron chi connectivity index (χ4n) is 6.42. The number of anilines is 6. The van der Waals surface area contributed by atoms with Gasteiger partial charge in [0.1, 0.15) is 11.6 Å². The van der Waals surface area contributed by atoms with Gasteiger partial charge in [0.2, 0.25) is 0 Å². The second-order valence-corrected chi connectivity index (χ2v) is 20.4. The van der Waals surface area contributed by atoms with Crippen molar-refractivity contribution in [2.24, 2.45) is 0 Å². The Labute approximate surface area is 399 Å². The minimum absolute atomic E-state index is 0.0234. The van der Waals surface area contributed by atoms with Gasteiger partial charge in [0, 0.05) is 26.5 Å². The molecule has 0 bridgehead atoms. The van der Waals surface area contributed by atoms with Gasteiger partial charge in [-0.15, -0.1) is 11.3 Å². The molecule has 0 saturated heterocycles. The molecule has 0 unspecified atom stereocenters. The average Bonchev–Trinajstić information content (AvgIpc) is 3.71. The molecule has 3 aromatic heterocycles. The zero-order valence-corrected chi connectivity index (χ0v) is 39.5. The molecular formula is C43H32BrCl2N9O8S3. The van der Waals surface area contributed by atoms with Crippen LogP contribution < -0.4 is 19.7 Å². The minimum Gasteiger partial charge on any atom is -0.460 e. The van der Waals surface area contributed by atoms with Crippen LogP contribution in [0.2, 0.25) is 10.0 Å². The molecule has 0 radical (unpaired) electrons. The molecule has 0 saturated carbocycles. The Kier molecular flexibility index (Phi) is 13.4. The number of hydrogen-bond donors (Lipinski definition) is 3. The van der Waals surface area contributed by atoms with E-state index < -0.39 is 54.7 Å². The molecule has 0 atom stereocenters. The molecular weight excluding hydrogens is 1020 g/mol. The van der Waals surface area contributed by atoms with Crippen molar-refractivity contribution < 1.29 is 31.3 Å². The lowest BCUT2D eigenvalue weighted by Crippen LogP contribution is -2.36. The number of thiophene rings is 1. The van der Waals surface area contributed by atoms with E-state index in [9.17, 15) is 31.7 Å². The van der Waals surface area contributed by atoms with Gasteiger partial charge in [-0.3, -0.25) is 14.8 Å². The fourth-order valence-corrected chi connectivity index (χ4v) is 10.6. The first kappa shape index (κ1) is 46.1. The van der Waals surface area contributed by atoms with Crippen LogP contribution in [0.5, 0.6) is 0 Å². The van der Waals surface area contributed by atoms with Crippen molar-refractivity contribution in [3.05, 3.63) is 156 Å². The number of sulfonamides is 2. The van der Waals surface area contributed by atoms with E-state index in [-0.39, 0.29) is 43.8 Å². The highest BCUT2D eigenvalue weighted by Crippen LogP contribution is 2.37. The predicted molar refractivity (Wildman–Crippen MR) is 259 cm³/mol. The highest BCUT2D eigenvalue weighted by molar-refractivity contribution is 9.10. The Morgan fingerprint density at radius 3 is 2.05 bits per heavy atom. The smallest absolute Gasteiger partial charge is 0.341 e. The summed E-state index contributed by atoms with van der Waals surface area (Å²) in [6.45, 7) is 0.954. The summed E-state index contributed by atoms with van der Waals surface area (Å²) in [7, 11) is -8.90. The molecule has 0 fully saturated rings. The van der Waals surface area contributed by atoms with Gasteiger partial charge in [0.15, 0.2) is 23.3 Å². The summed E-state index contributed by atoms with van der Waals surface area (Å²) in [5, 5.41) is 18.4. The van der Waals surface area contributed by atoms with E-state index in [1.165, 1.54) is 41.7 Å². The summed E-state index contributed by atoms with van der Waals surface area (Å²) in [5.41, 5.74) is 1.48. The minimum atomic E-state index is -4.46. The third kappa shape index (κ3) is 10.0. The van der Waals surface area contributed by atoms with Crippen molar-refractivity contribution in [2.45, 2.75) is 23.1 Å². The van der Waals surface area contributed by atoms with Crippen molar-refractivity contribution in [3.8, 4) is 0 Å². The molecule has 0 aliphatic rings. The standard InChI is InChI=1S/C43H32BrCl2N9O8S3/c1-2-28-24-31(42(64-28)52-38-39(49-35-11-4-3-10-34(35)48-38)53-65(59,60)30-9-7-8-27(23-30)55(57)58)43(56)63-21-20-54(66(61,62)29-17-14-25(44)15-18-29)41-40(47-33-19-16-26(45)22-32(33)46)50-36-12-5-6-13-37(36)51-41/h3-19,22-24H,2,20-21H2,1H3,(H,47,50)(H,48,52)(H,49,53). The first-order valence-corrected chi connectivity index (χ1v) is 24.8. The molecule has 0 aliphatic carbocycles. The topological polar surface area (TPSA) is 229 Å². The van der Waals surface area contributed by atoms with E-state index in [4.69, 9.17) is 37.9 Å². The number of nitrogens with zero attached hydrogens (tertiary/aromatic N) is 6. The Morgan fingerprint density at radius 1 is 0.773 bits per heavy atom. The summed E-state index contributed by atoms with van der Waals surface area (Å²) >= 11 is 17.2. The number of nitro benzene ring substituents is 1. The first-order chi connectivity index (χ1) is 31.6. The Bertz CT molecular complexity index is 3420. The van der Waals surface area contributed by atoms with Gasteiger partial charge in [0.05, 0.1) is 59.6 Å². The van der Waals surface area contributed by atoms with Crippen LogP contribution >= 0.6 is 50.5 Å². The number of aryl methyl sites for hydroxylation is 1. The molecule has 336 valence electrons. The number of carbonyl (C=O) groups is 1. The lowest BCUT2D eigenvalue weighted by atomic mass is 10.2. The number of fused-ring (bicyclic) bond motifs is 2. The van der Waals surface area contributed by atoms with Gasteiger partial charge in [-0.05, 0) is 85.3 Å². The number of nitro groups is 1. The fraction of sp³-hybridized carbons (Fsp3) is 0.0930. The normalized spacial score (nSPS) is 11.6. The molecule has 17 nitrogen and oxygen atoms in total. The Morgan fingerprint density at radius 2 is 1.41 bits per heavy atom. The van der Waals surface area contributed by atoms with Gasteiger partial charge in [-0.2, -0.15) is 0 Å². The maximum atomic E-state index is 14.6. The number of ether oxygens (including phenoxy) is 1. The van der Waals surface area contributed by atoms with Crippen LogP contribution in [0.1, 0.15) is 22.2 Å². The Hall–Kier alpha value is -6.49. The average molecular weight is 1050 g/mol.